The van der Waals surface area contributed by atoms with E-state index >= 15 is 0 Å². The first kappa shape index (κ1) is 7.56. The monoisotopic (exact) mass is 173 g/mol. The van der Waals surface area contributed by atoms with Gasteiger partial charge in [0.25, 0.3) is 0 Å². The summed E-state index contributed by atoms with van der Waals surface area (Å²) in [4.78, 5) is 0. The van der Waals surface area contributed by atoms with Crippen LogP contribution in [0.25, 0.3) is 0 Å². The Morgan fingerprint density at radius 1 is 1.73 bits per heavy atom. The molecular formula is C4H3N3O3S. The maximum atomic E-state index is 10.8. The second-order valence-corrected chi connectivity index (χ2v) is 3.06. The van der Waals surface area contributed by atoms with Crippen molar-refractivity contribution >= 4 is 10.1 Å². The first-order valence-electron chi connectivity index (χ1n) is 2.49. The third-order valence-corrected chi connectivity index (χ3v) is 1.95. The van der Waals surface area contributed by atoms with Crippen molar-refractivity contribution < 1.29 is 12.6 Å². The average molecular weight is 173 g/mol. The third kappa shape index (κ3) is 1.47. The Kier molecular flexibility index (Phi) is 1.78. The Balaban J connectivity index is 3.04. The maximum absolute atomic E-state index is 10.8. The second kappa shape index (κ2) is 2.59. The lowest BCUT2D eigenvalue weighted by Crippen LogP contribution is -2.02. The van der Waals surface area contributed by atoms with Crippen LogP contribution < -0.4 is 0 Å². The lowest BCUT2D eigenvalue weighted by atomic mass is 10.8. The molecule has 0 aliphatic rings. The van der Waals surface area contributed by atoms with Crippen molar-refractivity contribution in [2.24, 2.45) is 0 Å². The molecule has 0 saturated carbocycles. The Hall–Kier alpha value is -1.55. The lowest BCUT2D eigenvalue weighted by molar-refractivity contribution is 0.455. The second-order valence-electron chi connectivity index (χ2n) is 1.55. The largest absolute Gasteiger partial charge is 0.365 e. The summed E-state index contributed by atoms with van der Waals surface area (Å²) >= 11 is 0. The summed E-state index contributed by atoms with van der Waals surface area (Å²) in [5.74, 6) is 0. The molecule has 0 aliphatic carbocycles. The molecule has 0 fully saturated rings. The van der Waals surface area contributed by atoms with Crippen LogP contribution in [0.4, 0.5) is 0 Å². The SMILES string of the molecule is N#COS(=O)(=O)c1ccn[nH]1. The molecule has 0 amide bonds. The normalized spacial score (nSPS) is 10.5. The first-order chi connectivity index (χ1) is 5.17. The fourth-order valence-corrected chi connectivity index (χ4v) is 1.06. The summed E-state index contributed by atoms with van der Waals surface area (Å²) in [6.45, 7) is 0. The summed E-state index contributed by atoms with van der Waals surface area (Å²) in [6.07, 6.45) is 2.30. The molecule has 1 N–H and O–H groups in total. The summed E-state index contributed by atoms with van der Waals surface area (Å²) in [7, 11) is -3.95. The molecule has 0 saturated heterocycles. The Labute approximate surface area is 62.5 Å². The first-order valence-corrected chi connectivity index (χ1v) is 3.89. The molecule has 0 atom stereocenters. The summed E-state index contributed by atoms with van der Waals surface area (Å²) in [5.41, 5.74) is 0. The van der Waals surface area contributed by atoms with Crippen molar-refractivity contribution in [2.75, 3.05) is 0 Å². The minimum Gasteiger partial charge on any atom is -0.298 e. The quantitative estimate of drug-likeness (QED) is 0.484. The molecule has 0 aromatic carbocycles. The molecule has 1 heterocycles. The lowest BCUT2D eigenvalue weighted by Gasteiger charge is -1.91. The number of aromatic amines is 1. The molecule has 0 unspecified atom stereocenters. The number of rotatable bonds is 2. The highest BCUT2D eigenvalue weighted by Gasteiger charge is 2.16. The van der Waals surface area contributed by atoms with Crippen molar-refractivity contribution in [1.82, 2.24) is 10.2 Å². The number of hydrogen-bond donors (Lipinski definition) is 1. The van der Waals surface area contributed by atoms with Crippen LogP contribution in [0.5, 0.6) is 0 Å². The summed E-state index contributed by atoms with van der Waals surface area (Å²) in [6, 6.07) is 1.19. The Bertz CT molecular complexity index is 360. The average Bonchev–Trinajstić information content (AvgIpc) is 2.37. The number of nitrogens with zero attached hydrogens (tertiary/aromatic N) is 2. The molecule has 1 rings (SSSR count). The van der Waals surface area contributed by atoms with Crippen molar-refractivity contribution in [3.8, 4) is 6.26 Å². The molecule has 0 bridgehead atoms. The zero-order valence-electron chi connectivity index (χ0n) is 5.18. The van der Waals surface area contributed by atoms with Crippen LogP contribution in [-0.2, 0) is 14.3 Å². The molecule has 11 heavy (non-hydrogen) atoms. The predicted molar refractivity (Wildman–Crippen MR) is 32.5 cm³/mol. The van der Waals surface area contributed by atoms with E-state index in [1.165, 1.54) is 12.3 Å². The van der Waals surface area contributed by atoms with E-state index in [-0.39, 0.29) is 5.03 Å². The van der Waals surface area contributed by atoms with Crippen LogP contribution in [0.1, 0.15) is 0 Å². The van der Waals surface area contributed by atoms with E-state index in [4.69, 9.17) is 5.26 Å². The van der Waals surface area contributed by atoms with Gasteiger partial charge in [0.1, 0.15) is 0 Å². The van der Waals surface area contributed by atoms with E-state index < -0.39 is 10.1 Å². The highest BCUT2D eigenvalue weighted by atomic mass is 32.2. The fraction of sp³-hybridized carbons (Fsp3) is 0. The standard InChI is InChI=1S/C4H3N3O3S/c5-3-10-11(8,9)4-1-2-6-7-4/h1-2H,(H,6,7). The van der Waals surface area contributed by atoms with E-state index in [9.17, 15) is 8.42 Å². The van der Waals surface area contributed by atoms with Crippen LogP contribution in [0.2, 0.25) is 0 Å². The van der Waals surface area contributed by atoms with Crippen molar-refractivity contribution in [1.29, 1.82) is 5.26 Å². The van der Waals surface area contributed by atoms with Gasteiger partial charge in [0, 0.05) is 0 Å². The molecule has 0 spiro atoms. The van der Waals surface area contributed by atoms with Gasteiger partial charge in [0.05, 0.1) is 6.20 Å². The highest BCUT2D eigenvalue weighted by Crippen LogP contribution is 2.05. The number of hydrogen-bond acceptors (Lipinski definition) is 5. The maximum Gasteiger partial charge on any atom is 0.365 e. The zero-order chi connectivity index (χ0) is 8.32. The van der Waals surface area contributed by atoms with E-state index in [1.807, 2.05) is 0 Å². The van der Waals surface area contributed by atoms with E-state index in [0.29, 0.717) is 0 Å². The Morgan fingerprint density at radius 2 is 2.45 bits per heavy atom. The fourth-order valence-electron chi connectivity index (χ4n) is 0.476. The van der Waals surface area contributed by atoms with E-state index in [2.05, 4.69) is 14.4 Å². The van der Waals surface area contributed by atoms with Gasteiger partial charge in [-0.15, -0.1) is 5.26 Å². The number of aromatic nitrogens is 2. The highest BCUT2D eigenvalue weighted by molar-refractivity contribution is 7.86. The van der Waals surface area contributed by atoms with Gasteiger partial charge in [-0.2, -0.15) is 13.5 Å². The van der Waals surface area contributed by atoms with Gasteiger partial charge in [-0.05, 0) is 6.07 Å². The van der Waals surface area contributed by atoms with Gasteiger partial charge >= 0.3 is 16.4 Å². The van der Waals surface area contributed by atoms with Gasteiger partial charge in [0.2, 0.25) is 0 Å². The molecule has 0 radical (unpaired) electrons. The minimum atomic E-state index is -3.95. The van der Waals surface area contributed by atoms with Crippen molar-refractivity contribution in [2.45, 2.75) is 5.03 Å². The van der Waals surface area contributed by atoms with Gasteiger partial charge in [0.15, 0.2) is 5.03 Å². The van der Waals surface area contributed by atoms with Crippen LogP contribution in [0, 0.1) is 11.5 Å². The number of nitriles is 1. The van der Waals surface area contributed by atoms with Crippen molar-refractivity contribution in [3.05, 3.63) is 12.3 Å². The molecule has 7 heteroatoms. The van der Waals surface area contributed by atoms with Gasteiger partial charge in [-0.25, -0.2) is 0 Å². The summed E-state index contributed by atoms with van der Waals surface area (Å²) < 4.78 is 25.3. The summed E-state index contributed by atoms with van der Waals surface area (Å²) in [5, 5.41) is 13.2. The van der Waals surface area contributed by atoms with Crippen LogP contribution in [0.15, 0.2) is 17.3 Å². The minimum absolute atomic E-state index is 0.237. The van der Waals surface area contributed by atoms with Gasteiger partial charge in [-0.1, -0.05) is 0 Å². The van der Waals surface area contributed by atoms with E-state index in [0.717, 1.165) is 6.26 Å². The van der Waals surface area contributed by atoms with Crippen molar-refractivity contribution in [3.63, 3.8) is 0 Å². The van der Waals surface area contributed by atoms with Gasteiger partial charge < -0.3 is 0 Å². The molecule has 0 aliphatic heterocycles. The van der Waals surface area contributed by atoms with E-state index in [1.54, 1.807) is 0 Å². The number of H-pyrrole nitrogens is 1. The third-order valence-electron chi connectivity index (χ3n) is 0.892. The zero-order valence-corrected chi connectivity index (χ0v) is 6.00. The molecule has 6 nitrogen and oxygen atoms in total. The van der Waals surface area contributed by atoms with Crippen LogP contribution in [-0.4, -0.2) is 18.6 Å². The van der Waals surface area contributed by atoms with Crippen LogP contribution in [0.3, 0.4) is 0 Å². The molecule has 1 aromatic heterocycles. The molecular weight excluding hydrogens is 170 g/mol. The topological polar surface area (TPSA) is 95.8 Å². The molecule has 58 valence electrons. The predicted octanol–water partition coefficient (Wildman–Crippen LogP) is -0.404. The smallest absolute Gasteiger partial charge is 0.298 e. The van der Waals surface area contributed by atoms with Crippen LogP contribution >= 0.6 is 0 Å². The number of nitrogens with one attached hydrogen (secondary N) is 1. The Morgan fingerprint density at radius 3 is 2.91 bits per heavy atom. The van der Waals surface area contributed by atoms with Gasteiger partial charge in [-0.3, -0.25) is 9.28 Å². The molecule has 1 aromatic rings.